The van der Waals surface area contributed by atoms with Crippen LogP contribution in [0.5, 0.6) is 5.88 Å². The van der Waals surface area contributed by atoms with Crippen LogP contribution in [-0.2, 0) is 21.7 Å². The van der Waals surface area contributed by atoms with Gasteiger partial charge in [0.1, 0.15) is 11.6 Å². The highest BCUT2D eigenvalue weighted by Crippen LogP contribution is 2.38. The summed E-state index contributed by atoms with van der Waals surface area (Å²) in [6.07, 6.45) is 7.62. The number of nitrogens with zero attached hydrogens (tertiary/aromatic N) is 2. The summed E-state index contributed by atoms with van der Waals surface area (Å²) >= 11 is 0. The summed E-state index contributed by atoms with van der Waals surface area (Å²) in [7, 11) is 1.52. The molecule has 2 aliphatic rings. The van der Waals surface area contributed by atoms with Crippen molar-refractivity contribution < 1.29 is 14.3 Å². The van der Waals surface area contributed by atoms with Crippen LogP contribution >= 0.6 is 0 Å². The second-order valence-corrected chi connectivity index (χ2v) is 7.58. The molecule has 0 saturated heterocycles. The van der Waals surface area contributed by atoms with E-state index in [1.165, 1.54) is 17.9 Å². The first-order chi connectivity index (χ1) is 14.5. The van der Waals surface area contributed by atoms with Gasteiger partial charge in [0.2, 0.25) is 17.5 Å². The van der Waals surface area contributed by atoms with Gasteiger partial charge in [0.05, 0.1) is 6.26 Å². The number of allylic oxidation sites excluding steroid dienone is 2. The molecule has 0 fully saturated rings. The van der Waals surface area contributed by atoms with Gasteiger partial charge in [0.15, 0.2) is 5.82 Å². The molecular weight excluding hydrogens is 382 g/mol. The molecular formula is C23H25N3O4. The van der Waals surface area contributed by atoms with Crippen molar-refractivity contribution in [1.82, 2.24) is 14.9 Å². The maximum atomic E-state index is 13.6. The zero-order valence-corrected chi connectivity index (χ0v) is 17.3. The Morgan fingerprint density at radius 2 is 2.03 bits per heavy atom. The third-order valence-corrected chi connectivity index (χ3v) is 5.90. The topological polar surface area (TPSA) is 82.5 Å². The Morgan fingerprint density at radius 1 is 1.27 bits per heavy atom. The average Bonchev–Trinajstić information content (AvgIpc) is 3.01. The molecule has 0 aliphatic carbocycles. The molecule has 0 radical (unpaired) electrons. The number of benzene rings is 1. The zero-order valence-electron chi connectivity index (χ0n) is 17.3. The lowest BCUT2D eigenvalue weighted by atomic mass is 9.89. The molecule has 30 heavy (non-hydrogen) atoms. The predicted octanol–water partition coefficient (Wildman–Crippen LogP) is 2.92. The Bertz CT molecular complexity index is 1070. The molecule has 4 rings (SSSR count). The van der Waals surface area contributed by atoms with Crippen LogP contribution in [0.2, 0.25) is 0 Å². The summed E-state index contributed by atoms with van der Waals surface area (Å²) in [5.41, 5.74) is -0.287. The maximum Gasteiger partial charge on any atom is 0.265 e. The molecule has 3 atom stereocenters. The number of hydrogen-bond acceptors (Lipinski definition) is 5. The van der Waals surface area contributed by atoms with Crippen molar-refractivity contribution in [2.45, 2.75) is 38.5 Å². The SMILES string of the molecule is CC[C@H](C)[C@]1(OC)NC(=O)[C@@H](Cc2ccccc2)n2c1nc1c(c2=O)C=CC=CO1. The molecule has 156 valence electrons. The summed E-state index contributed by atoms with van der Waals surface area (Å²) in [5.74, 6) is 0.161. The highest BCUT2D eigenvalue weighted by atomic mass is 16.5. The van der Waals surface area contributed by atoms with Crippen molar-refractivity contribution in [2.75, 3.05) is 7.11 Å². The molecule has 0 spiro atoms. The fourth-order valence-electron chi connectivity index (χ4n) is 4.05. The quantitative estimate of drug-likeness (QED) is 0.824. The minimum Gasteiger partial charge on any atom is -0.446 e. The van der Waals surface area contributed by atoms with Crippen LogP contribution in [0.3, 0.4) is 0 Å². The Kier molecular flexibility index (Phi) is 5.30. The lowest BCUT2D eigenvalue weighted by Gasteiger charge is -2.44. The molecule has 1 amide bonds. The lowest BCUT2D eigenvalue weighted by molar-refractivity contribution is -0.152. The highest BCUT2D eigenvalue weighted by Gasteiger charge is 2.50. The van der Waals surface area contributed by atoms with Crippen molar-refractivity contribution in [3.05, 3.63) is 76.1 Å². The zero-order chi connectivity index (χ0) is 21.3. The maximum absolute atomic E-state index is 13.6. The van der Waals surface area contributed by atoms with Crippen molar-refractivity contribution >= 4 is 12.0 Å². The van der Waals surface area contributed by atoms with Gasteiger partial charge < -0.3 is 14.8 Å². The average molecular weight is 407 g/mol. The summed E-state index contributed by atoms with van der Waals surface area (Å²) < 4.78 is 12.9. The number of hydrogen-bond donors (Lipinski definition) is 1. The number of methoxy groups -OCH3 is 1. The van der Waals surface area contributed by atoms with Gasteiger partial charge in [-0.15, -0.1) is 0 Å². The van der Waals surface area contributed by atoms with E-state index >= 15 is 0 Å². The Labute approximate surface area is 175 Å². The molecule has 1 aromatic carbocycles. The summed E-state index contributed by atoms with van der Waals surface area (Å²) in [6, 6.07) is 8.87. The smallest absolute Gasteiger partial charge is 0.265 e. The van der Waals surface area contributed by atoms with Crippen molar-refractivity contribution in [1.29, 1.82) is 0 Å². The number of ether oxygens (including phenoxy) is 2. The number of carbonyl (C=O) groups is 1. The van der Waals surface area contributed by atoms with E-state index in [1.807, 2.05) is 44.2 Å². The minimum atomic E-state index is -1.23. The second kappa shape index (κ2) is 7.91. The molecule has 1 aromatic heterocycles. The van der Waals surface area contributed by atoms with E-state index in [0.717, 1.165) is 5.56 Å². The van der Waals surface area contributed by atoms with Gasteiger partial charge in [0.25, 0.3) is 5.56 Å². The summed E-state index contributed by atoms with van der Waals surface area (Å²) in [5, 5.41) is 3.03. The molecule has 3 heterocycles. The molecule has 7 nitrogen and oxygen atoms in total. The first-order valence-electron chi connectivity index (χ1n) is 10.1. The fourth-order valence-corrected chi connectivity index (χ4v) is 4.05. The number of amides is 1. The first-order valence-corrected chi connectivity index (χ1v) is 10.1. The van der Waals surface area contributed by atoms with Crippen molar-refractivity contribution in [2.24, 2.45) is 5.92 Å². The molecule has 2 aromatic rings. The standard InChI is InChI=1S/C23H25N3O4/c1-4-15(2)23(29-3)22-24-20-17(12-8-9-13-30-20)21(28)26(22)18(19(27)25-23)14-16-10-6-5-7-11-16/h5-13,15,18H,4,14H2,1-3H3,(H,25,27)/t15-,18+,23+/m0/s1. The summed E-state index contributed by atoms with van der Waals surface area (Å²) in [6.45, 7) is 3.96. The van der Waals surface area contributed by atoms with Crippen molar-refractivity contribution in [3.8, 4) is 5.88 Å². The Balaban J connectivity index is 1.97. The van der Waals surface area contributed by atoms with Crippen LogP contribution < -0.4 is 15.6 Å². The third-order valence-electron chi connectivity index (χ3n) is 5.90. The Hall–Kier alpha value is -3.19. The number of nitrogens with one attached hydrogen (secondary N) is 1. The van der Waals surface area contributed by atoms with E-state index in [0.29, 0.717) is 24.2 Å². The van der Waals surface area contributed by atoms with E-state index in [4.69, 9.17) is 14.5 Å². The van der Waals surface area contributed by atoms with Gasteiger partial charge in [0, 0.05) is 19.4 Å². The van der Waals surface area contributed by atoms with Crippen molar-refractivity contribution in [3.63, 3.8) is 0 Å². The molecule has 1 N–H and O–H groups in total. The van der Waals surface area contributed by atoms with Crippen LogP contribution in [0.25, 0.3) is 6.08 Å². The first kappa shape index (κ1) is 20.1. The van der Waals surface area contributed by atoms with Crippen LogP contribution in [0.4, 0.5) is 0 Å². The van der Waals surface area contributed by atoms with Crippen LogP contribution in [0.15, 0.2) is 53.5 Å². The van der Waals surface area contributed by atoms with Crippen LogP contribution in [0, 0.1) is 5.92 Å². The molecule has 2 aliphatic heterocycles. The van der Waals surface area contributed by atoms with E-state index in [1.54, 1.807) is 18.2 Å². The summed E-state index contributed by atoms with van der Waals surface area (Å²) in [4.78, 5) is 31.6. The van der Waals surface area contributed by atoms with E-state index < -0.39 is 11.8 Å². The Morgan fingerprint density at radius 3 is 2.73 bits per heavy atom. The number of carbonyl (C=O) groups excluding carboxylic acids is 1. The molecule has 7 heteroatoms. The van der Waals surface area contributed by atoms with Gasteiger partial charge >= 0.3 is 0 Å². The normalized spacial score (nSPS) is 23.0. The van der Waals surface area contributed by atoms with Gasteiger partial charge in [-0.1, -0.05) is 50.3 Å². The van der Waals surface area contributed by atoms with Gasteiger partial charge in [-0.3, -0.25) is 14.2 Å². The van der Waals surface area contributed by atoms with Gasteiger partial charge in [-0.05, 0) is 24.1 Å². The van der Waals surface area contributed by atoms with E-state index in [9.17, 15) is 9.59 Å². The van der Waals surface area contributed by atoms with Gasteiger partial charge in [-0.25, -0.2) is 0 Å². The molecule has 0 saturated carbocycles. The minimum absolute atomic E-state index is 0.128. The third kappa shape index (κ3) is 3.15. The monoisotopic (exact) mass is 407 g/mol. The van der Waals surface area contributed by atoms with E-state index in [2.05, 4.69) is 5.32 Å². The largest absolute Gasteiger partial charge is 0.446 e. The van der Waals surface area contributed by atoms with E-state index in [-0.39, 0.29) is 23.3 Å². The highest BCUT2D eigenvalue weighted by molar-refractivity contribution is 5.83. The number of aromatic nitrogens is 2. The predicted molar refractivity (Wildman–Crippen MR) is 113 cm³/mol. The van der Waals surface area contributed by atoms with Crippen LogP contribution in [0.1, 0.15) is 43.3 Å². The van der Waals surface area contributed by atoms with Gasteiger partial charge in [-0.2, -0.15) is 4.98 Å². The second-order valence-electron chi connectivity index (χ2n) is 7.58. The lowest BCUT2D eigenvalue weighted by Crippen LogP contribution is -2.62. The fraction of sp³-hybridized carbons (Fsp3) is 0.348. The molecule has 0 bridgehead atoms. The van der Waals surface area contributed by atoms with Crippen LogP contribution in [-0.4, -0.2) is 22.6 Å². The number of fused-ring (bicyclic) bond motifs is 2. The molecule has 0 unspecified atom stereocenters. The number of rotatable bonds is 5.